The molecule has 0 aliphatic heterocycles. The summed E-state index contributed by atoms with van der Waals surface area (Å²) >= 11 is 0. The fourth-order valence-corrected chi connectivity index (χ4v) is 1.52. The molecule has 0 fully saturated rings. The third-order valence-corrected chi connectivity index (χ3v) is 2.62. The molecule has 9 nitrogen and oxygen atoms in total. The second-order valence-electron chi connectivity index (χ2n) is 4.47. The fraction of sp³-hybridized carbons (Fsp3) is 0. The maximum atomic E-state index is 9.63. The third-order valence-electron chi connectivity index (χ3n) is 2.62. The summed E-state index contributed by atoms with van der Waals surface area (Å²) in [6, 6.07) is 15.9. The molecule has 0 spiro atoms. The summed E-state index contributed by atoms with van der Waals surface area (Å²) in [5.41, 5.74) is 1.77. The average molecular weight is 422 g/mol. The minimum atomic E-state index is 0. The van der Waals surface area contributed by atoms with Gasteiger partial charge in [-0.3, -0.25) is 15.0 Å². The van der Waals surface area contributed by atoms with E-state index in [2.05, 4.69) is 30.4 Å². The fourth-order valence-electron chi connectivity index (χ4n) is 1.52. The van der Waals surface area contributed by atoms with Gasteiger partial charge in [0.1, 0.15) is 0 Å². The number of hydrogen-bond donors (Lipinski definition) is 0. The second-order valence-corrected chi connectivity index (χ2v) is 4.47. The van der Waals surface area contributed by atoms with Gasteiger partial charge in [-0.15, -0.1) is 0 Å². The third kappa shape index (κ3) is 11.8. The number of hydrogen-bond acceptors (Lipinski definition) is 9. The van der Waals surface area contributed by atoms with Crippen LogP contribution in [0.2, 0.25) is 0 Å². The van der Waals surface area contributed by atoms with Crippen molar-refractivity contribution in [1.82, 2.24) is 15.0 Å². The standard InChI is InChI=1S/3C6H6N2O.Ni/c3*9-8-5-6-3-1-2-4-7-6;/h3*1-5,9H;/p-3. The van der Waals surface area contributed by atoms with Gasteiger partial charge in [0.25, 0.3) is 0 Å². The van der Waals surface area contributed by atoms with Crippen LogP contribution in [-0.2, 0) is 16.5 Å². The Morgan fingerprint density at radius 3 is 1.00 bits per heavy atom. The Morgan fingerprint density at radius 1 is 0.536 bits per heavy atom. The molecule has 3 heterocycles. The van der Waals surface area contributed by atoms with E-state index in [1.165, 1.54) is 18.6 Å². The first-order valence-electron chi connectivity index (χ1n) is 7.50. The Balaban J connectivity index is 0.000000384. The van der Waals surface area contributed by atoms with Gasteiger partial charge in [0, 0.05) is 53.7 Å². The smallest absolute Gasteiger partial charge is 0.0804 e. The van der Waals surface area contributed by atoms with E-state index in [9.17, 15) is 15.6 Å². The van der Waals surface area contributed by atoms with Crippen LogP contribution in [0.25, 0.3) is 0 Å². The van der Waals surface area contributed by atoms with Crippen LogP contribution in [0.15, 0.2) is 88.7 Å². The topological polar surface area (TPSA) is 145 Å². The van der Waals surface area contributed by atoms with E-state index in [4.69, 9.17) is 0 Å². The van der Waals surface area contributed by atoms with Crippen LogP contribution < -0.4 is 0 Å². The number of aromatic nitrogens is 3. The molecule has 0 aromatic carbocycles. The monoisotopic (exact) mass is 421 g/mol. The molecule has 148 valence electrons. The summed E-state index contributed by atoms with van der Waals surface area (Å²) in [6.45, 7) is 0. The predicted molar refractivity (Wildman–Crippen MR) is 106 cm³/mol. The average Bonchev–Trinajstić information content (AvgIpc) is 2.72. The van der Waals surface area contributed by atoms with Gasteiger partial charge in [-0.25, -0.2) is 0 Å². The summed E-state index contributed by atoms with van der Waals surface area (Å²) in [5, 5.41) is 36.6. The molecule has 0 atom stereocenters. The van der Waals surface area contributed by atoms with E-state index in [0.29, 0.717) is 17.1 Å². The van der Waals surface area contributed by atoms with Gasteiger partial charge in [0.05, 0.1) is 17.1 Å². The Hall–Kier alpha value is -3.65. The summed E-state index contributed by atoms with van der Waals surface area (Å²) in [6.07, 6.45) is 8.32. The molecular formula is C18H15N6NiO3-3. The summed E-state index contributed by atoms with van der Waals surface area (Å²) in [7, 11) is 0. The minimum Gasteiger partial charge on any atom is -0.792 e. The van der Waals surface area contributed by atoms with Gasteiger partial charge in [-0.05, 0) is 36.4 Å². The van der Waals surface area contributed by atoms with E-state index < -0.39 is 0 Å². The van der Waals surface area contributed by atoms with Crippen molar-refractivity contribution in [1.29, 1.82) is 0 Å². The van der Waals surface area contributed by atoms with Crippen LogP contribution in [0, 0.1) is 15.6 Å². The normalized spacial score (nSPS) is 9.86. The summed E-state index contributed by atoms with van der Waals surface area (Å²) < 4.78 is 0. The van der Waals surface area contributed by atoms with Gasteiger partial charge in [-0.1, -0.05) is 18.2 Å². The minimum absolute atomic E-state index is 0. The molecule has 0 aliphatic carbocycles. The van der Waals surface area contributed by atoms with Crippen LogP contribution in [0.1, 0.15) is 17.1 Å². The molecule has 0 saturated carbocycles. The molecule has 3 aromatic rings. The maximum Gasteiger partial charge on any atom is 0.0804 e. The Morgan fingerprint density at radius 2 is 0.821 bits per heavy atom. The summed E-state index contributed by atoms with van der Waals surface area (Å²) in [4.78, 5) is 11.5. The SMILES string of the molecule is [Ni].[O-]N=Cc1ccccn1.[O-]N=Cc1ccccn1.[O-]N=Cc1ccccn1. The summed E-state index contributed by atoms with van der Waals surface area (Å²) in [5.74, 6) is 0. The Kier molecular flexibility index (Phi) is 14.6. The van der Waals surface area contributed by atoms with Crippen LogP contribution in [0.3, 0.4) is 0 Å². The molecule has 3 aromatic heterocycles. The molecule has 0 bridgehead atoms. The Labute approximate surface area is 171 Å². The first kappa shape index (κ1) is 24.4. The molecule has 3 rings (SSSR count). The number of rotatable bonds is 3. The molecule has 0 saturated heterocycles. The van der Waals surface area contributed by atoms with E-state index in [-0.39, 0.29) is 16.5 Å². The predicted octanol–water partition coefficient (Wildman–Crippen LogP) is 2.99. The molecule has 28 heavy (non-hydrogen) atoms. The van der Waals surface area contributed by atoms with Crippen molar-refractivity contribution in [3.63, 3.8) is 0 Å². The molecule has 0 aliphatic rings. The first-order chi connectivity index (χ1) is 13.3. The van der Waals surface area contributed by atoms with Crippen LogP contribution in [-0.4, -0.2) is 33.6 Å². The van der Waals surface area contributed by atoms with Gasteiger partial charge in [0.15, 0.2) is 0 Å². The molecular weight excluding hydrogens is 407 g/mol. The van der Waals surface area contributed by atoms with Crippen molar-refractivity contribution < 1.29 is 16.5 Å². The quantitative estimate of drug-likeness (QED) is 0.360. The van der Waals surface area contributed by atoms with Crippen LogP contribution >= 0.6 is 0 Å². The zero-order valence-electron chi connectivity index (χ0n) is 14.4. The molecule has 0 amide bonds. The molecule has 0 unspecified atom stereocenters. The van der Waals surface area contributed by atoms with Crippen LogP contribution in [0.4, 0.5) is 0 Å². The van der Waals surface area contributed by atoms with E-state index >= 15 is 0 Å². The first-order valence-corrected chi connectivity index (χ1v) is 7.50. The van der Waals surface area contributed by atoms with E-state index in [0.717, 1.165) is 0 Å². The van der Waals surface area contributed by atoms with Gasteiger partial charge < -0.3 is 31.1 Å². The second kappa shape index (κ2) is 16.8. The van der Waals surface area contributed by atoms with Gasteiger partial charge in [0.2, 0.25) is 0 Å². The molecule has 10 heteroatoms. The largest absolute Gasteiger partial charge is 0.792 e. The Bertz CT molecular complexity index is 706. The van der Waals surface area contributed by atoms with Crippen LogP contribution in [0.5, 0.6) is 0 Å². The zero-order chi connectivity index (χ0) is 19.6. The number of nitrogens with zero attached hydrogens (tertiary/aromatic N) is 6. The zero-order valence-corrected chi connectivity index (χ0v) is 15.4. The molecule has 0 radical (unpaired) electrons. The van der Waals surface area contributed by atoms with E-state index in [1.807, 2.05) is 0 Å². The molecule has 0 N–H and O–H groups in total. The van der Waals surface area contributed by atoms with Crippen molar-refractivity contribution in [2.75, 3.05) is 0 Å². The van der Waals surface area contributed by atoms with Crippen molar-refractivity contribution in [2.24, 2.45) is 15.5 Å². The van der Waals surface area contributed by atoms with Crippen molar-refractivity contribution in [3.05, 3.63) is 106 Å². The maximum absolute atomic E-state index is 9.63. The number of pyridine rings is 3. The van der Waals surface area contributed by atoms with Crippen molar-refractivity contribution >= 4 is 18.6 Å². The van der Waals surface area contributed by atoms with Gasteiger partial charge in [-0.2, -0.15) is 0 Å². The van der Waals surface area contributed by atoms with Gasteiger partial charge >= 0.3 is 0 Å². The van der Waals surface area contributed by atoms with Crippen molar-refractivity contribution in [2.45, 2.75) is 0 Å². The van der Waals surface area contributed by atoms with E-state index in [1.54, 1.807) is 73.2 Å². The van der Waals surface area contributed by atoms with Crippen molar-refractivity contribution in [3.8, 4) is 0 Å².